The van der Waals surface area contributed by atoms with Gasteiger partial charge in [0.05, 0.1) is 0 Å². The van der Waals surface area contributed by atoms with Crippen LogP contribution in [0.4, 0.5) is 11.5 Å². The Morgan fingerprint density at radius 1 is 1.57 bits per heavy atom. The molecule has 0 saturated carbocycles. The highest BCUT2D eigenvalue weighted by molar-refractivity contribution is 7.99. The highest BCUT2D eigenvalue weighted by Gasteiger charge is 2.14. The molecule has 14 heavy (non-hydrogen) atoms. The van der Waals surface area contributed by atoms with E-state index in [0.717, 1.165) is 11.5 Å². The second-order valence-electron chi connectivity index (χ2n) is 3.38. The quantitative estimate of drug-likeness (QED) is 0.799. The van der Waals surface area contributed by atoms with Crippen molar-refractivity contribution in [3.63, 3.8) is 0 Å². The molecule has 1 saturated heterocycles. The molecule has 0 amide bonds. The lowest BCUT2D eigenvalue weighted by Crippen LogP contribution is -2.18. The Labute approximate surface area is 88.7 Å². The Kier molecular flexibility index (Phi) is 3.14. The van der Waals surface area contributed by atoms with Gasteiger partial charge in [-0.1, -0.05) is 0 Å². The second kappa shape index (κ2) is 4.55. The third-order valence-corrected chi connectivity index (χ3v) is 3.48. The molecule has 1 unspecified atom stereocenters. The number of anilines is 2. The third-order valence-electron chi connectivity index (χ3n) is 2.32. The molecule has 4 heteroatoms. The first-order chi connectivity index (χ1) is 6.88. The summed E-state index contributed by atoms with van der Waals surface area (Å²) in [5.74, 6) is 3.42. The molecule has 2 heterocycles. The number of aromatic nitrogens is 1. The molecule has 0 aliphatic carbocycles. The van der Waals surface area contributed by atoms with Crippen LogP contribution >= 0.6 is 11.8 Å². The van der Waals surface area contributed by atoms with Gasteiger partial charge in [-0.15, -0.1) is 0 Å². The van der Waals surface area contributed by atoms with Crippen LogP contribution in [-0.4, -0.2) is 29.6 Å². The average Bonchev–Trinajstić information content (AvgIpc) is 2.71. The largest absolute Gasteiger partial charge is 0.381 e. The molecule has 0 spiro atoms. The van der Waals surface area contributed by atoms with E-state index < -0.39 is 0 Å². The zero-order chi connectivity index (χ0) is 9.80. The lowest BCUT2D eigenvalue weighted by Gasteiger charge is -2.13. The van der Waals surface area contributed by atoms with Gasteiger partial charge in [0.1, 0.15) is 5.82 Å². The molecule has 0 aromatic carbocycles. The normalized spacial score (nSPS) is 20.8. The molecule has 1 aromatic heterocycles. The molecule has 3 nitrogen and oxygen atoms in total. The molecule has 1 aliphatic heterocycles. The number of rotatable bonds is 3. The Bertz CT molecular complexity index is 297. The van der Waals surface area contributed by atoms with Crippen LogP contribution in [0.1, 0.15) is 6.42 Å². The molecule has 1 aliphatic rings. The van der Waals surface area contributed by atoms with E-state index in [0.29, 0.717) is 6.04 Å². The molecular weight excluding hydrogens is 194 g/mol. The van der Waals surface area contributed by atoms with Crippen molar-refractivity contribution in [1.82, 2.24) is 4.98 Å². The molecule has 2 rings (SSSR count). The molecule has 1 aromatic rings. The summed E-state index contributed by atoms with van der Waals surface area (Å²) in [6.07, 6.45) is 3.10. The fourth-order valence-corrected chi connectivity index (χ4v) is 2.69. The minimum Gasteiger partial charge on any atom is -0.381 e. The van der Waals surface area contributed by atoms with E-state index in [1.54, 1.807) is 0 Å². The van der Waals surface area contributed by atoms with Gasteiger partial charge in [0.15, 0.2) is 0 Å². The summed E-state index contributed by atoms with van der Waals surface area (Å²) in [5, 5.41) is 6.55. The van der Waals surface area contributed by atoms with Gasteiger partial charge in [-0.25, -0.2) is 4.98 Å². The number of nitrogens with one attached hydrogen (secondary N) is 2. The first kappa shape index (κ1) is 9.65. The Morgan fingerprint density at radius 3 is 3.21 bits per heavy atom. The minimum absolute atomic E-state index is 0.632. The summed E-state index contributed by atoms with van der Waals surface area (Å²) in [6.45, 7) is 0. The molecule has 0 bridgehead atoms. The molecular formula is C10H15N3S. The van der Waals surface area contributed by atoms with Crippen LogP contribution in [0.5, 0.6) is 0 Å². The molecule has 0 radical (unpaired) electrons. The summed E-state index contributed by atoms with van der Waals surface area (Å²) in [6, 6.07) is 4.69. The van der Waals surface area contributed by atoms with Crippen molar-refractivity contribution in [2.24, 2.45) is 0 Å². The first-order valence-corrected chi connectivity index (χ1v) is 6.02. The molecule has 1 atom stereocenters. The van der Waals surface area contributed by atoms with E-state index in [1.807, 2.05) is 37.1 Å². The number of thioether (sulfide) groups is 1. The van der Waals surface area contributed by atoms with Gasteiger partial charge in [0.2, 0.25) is 0 Å². The van der Waals surface area contributed by atoms with Crippen LogP contribution in [0.2, 0.25) is 0 Å². The zero-order valence-electron chi connectivity index (χ0n) is 8.29. The maximum absolute atomic E-state index is 4.18. The first-order valence-electron chi connectivity index (χ1n) is 4.86. The van der Waals surface area contributed by atoms with Crippen molar-refractivity contribution in [3.8, 4) is 0 Å². The van der Waals surface area contributed by atoms with Gasteiger partial charge >= 0.3 is 0 Å². The summed E-state index contributed by atoms with van der Waals surface area (Å²) in [4.78, 5) is 4.18. The number of hydrogen-bond acceptors (Lipinski definition) is 4. The lowest BCUT2D eigenvalue weighted by molar-refractivity contribution is 0.813. The van der Waals surface area contributed by atoms with Gasteiger partial charge < -0.3 is 10.6 Å². The zero-order valence-corrected chi connectivity index (χ0v) is 9.10. The van der Waals surface area contributed by atoms with Gasteiger partial charge in [-0.05, 0) is 18.2 Å². The van der Waals surface area contributed by atoms with Crippen LogP contribution in [0.3, 0.4) is 0 Å². The Balaban J connectivity index is 2.00. The van der Waals surface area contributed by atoms with Crippen LogP contribution < -0.4 is 10.6 Å². The van der Waals surface area contributed by atoms with Crippen LogP contribution in [0, 0.1) is 0 Å². The standard InChI is InChI=1S/C10H15N3S/c1-11-10-6-8(2-4-12-10)13-9-3-5-14-7-9/h2,4,6,9H,3,5,7H2,1H3,(H2,11,12,13). The van der Waals surface area contributed by atoms with Crippen LogP contribution in [0.25, 0.3) is 0 Å². The smallest absolute Gasteiger partial charge is 0.127 e. The maximum atomic E-state index is 4.18. The topological polar surface area (TPSA) is 37.0 Å². The second-order valence-corrected chi connectivity index (χ2v) is 4.53. The Morgan fingerprint density at radius 2 is 2.50 bits per heavy atom. The van der Waals surface area contributed by atoms with E-state index in [2.05, 4.69) is 15.6 Å². The molecule has 2 N–H and O–H groups in total. The lowest BCUT2D eigenvalue weighted by atomic mass is 10.2. The monoisotopic (exact) mass is 209 g/mol. The average molecular weight is 209 g/mol. The molecule has 76 valence electrons. The van der Waals surface area contributed by atoms with Gasteiger partial charge in [0, 0.05) is 36.8 Å². The van der Waals surface area contributed by atoms with Crippen molar-refractivity contribution in [2.45, 2.75) is 12.5 Å². The number of pyridine rings is 1. The van der Waals surface area contributed by atoms with E-state index in [-0.39, 0.29) is 0 Å². The maximum Gasteiger partial charge on any atom is 0.127 e. The van der Waals surface area contributed by atoms with Crippen LogP contribution in [-0.2, 0) is 0 Å². The number of hydrogen-bond donors (Lipinski definition) is 2. The summed E-state index contributed by atoms with van der Waals surface area (Å²) in [5.41, 5.74) is 1.16. The Hall–Kier alpha value is -0.900. The van der Waals surface area contributed by atoms with E-state index >= 15 is 0 Å². The highest BCUT2D eigenvalue weighted by atomic mass is 32.2. The van der Waals surface area contributed by atoms with E-state index in [9.17, 15) is 0 Å². The van der Waals surface area contributed by atoms with Gasteiger partial charge in [0.25, 0.3) is 0 Å². The van der Waals surface area contributed by atoms with Crippen molar-refractivity contribution < 1.29 is 0 Å². The van der Waals surface area contributed by atoms with Crippen molar-refractivity contribution in [2.75, 3.05) is 29.2 Å². The third kappa shape index (κ3) is 2.32. The van der Waals surface area contributed by atoms with Gasteiger partial charge in [-0.3, -0.25) is 0 Å². The fraction of sp³-hybridized carbons (Fsp3) is 0.500. The van der Waals surface area contributed by atoms with Crippen molar-refractivity contribution >= 4 is 23.3 Å². The summed E-state index contributed by atoms with van der Waals surface area (Å²) < 4.78 is 0. The minimum atomic E-state index is 0.632. The number of nitrogens with zero attached hydrogens (tertiary/aromatic N) is 1. The van der Waals surface area contributed by atoms with Crippen LogP contribution in [0.15, 0.2) is 18.3 Å². The van der Waals surface area contributed by atoms with E-state index in [1.165, 1.54) is 17.9 Å². The fourth-order valence-electron chi connectivity index (χ4n) is 1.54. The predicted octanol–water partition coefficient (Wildman–Crippen LogP) is 2.04. The van der Waals surface area contributed by atoms with Crippen molar-refractivity contribution in [1.29, 1.82) is 0 Å². The highest BCUT2D eigenvalue weighted by Crippen LogP contribution is 2.21. The van der Waals surface area contributed by atoms with E-state index in [4.69, 9.17) is 0 Å². The molecule has 1 fully saturated rings. The predicted molar refractivity (Wildman–Crippen MR) is 63.1 cm³/mol. The SMILES string of the molecule is CNc1cc(NC2CCSC2)ccn1. The van der Waals surface area contributed by atoms with Gasteiger partial charge in [-0.2, -0.15) is 11.8 Å². The summed E-state index contributed by atoms with van der Waals surface area (Å²) in [7, 11) is 1.89. The summed E-state index contributed by atoms with van der Waals surface area (Å²) >= 11 is 2.02. The van der Waals surface area contributed by atoms with Crippen molar-refractivity contribution in [3.05, 3.63) is 18.3 Å².